The fraction of sp³-hybridized carbons (Fsp3) is 0.556. The van der Waals surface area contributed by atoms with E-state index in [9.17, 15) is 9.59 Å². The molecule has 0 radical (unpaired) electrons. The molecule has 1 aromatic rings. The van der Waals surface area contributed by atoms with Gasteiger partial charge in [0.1, 0.15) is 5.75 Å². The highest BCUT2D eigenvalue weighted by molar-refractivity contribution is 5.94. The molecule has 0 saturated carbocycles. The van der Waals surface area contributed by atoms with Crippen molar-refractivity contribution < 1.29 is 14.3 Å². The van der Waals surface area contributed by atoms with E-state index in [0.717, 1.165) is 25.9 Å². The molecule has 5 nitrogen and oxygen atoms in total. The number of nitrogens with zero attached hydrogens (tertiary/aromatic N) is 1. The number of likely N-dealkylation sites (tertiary alicyclic amines) is 1. The molecule has 1 aliphatic rings. The number of benzene rings is 1. The molecule has 1 unspecified atom stereocenters. The molecule has 1 aliphatic heterocycles. The van der Waals surface area contributed by atoms with E-state index in [2.05, 4.69) is 17.3 Å². The van der Waals surface area contributed by atoms with Gasteiger partial charge in [0.25, 0.3) is 0 Å². The van der Waals surface area contributed by atoms with Gasteiger partial charge in [-0.2, -0.15) is 0 Å². The lowest BCUT2D eigenvalue weighted by Crippen LogP contribution is -2.46. The lowest BCUT2D eigenvalue weighted by Gasteiger charge is -2.30. The van der Waals surface area contributed by atoms with E-state index in [1.807, 2.05) is 6.07 Å². The van der Waals surface area contributed by atoms with Gasteiger partial charge in [0.15, 0.2) is 5.78 Å². The van der Waals surface area contributed by atoms with E-state index < -0.39 is 0 Å². The van der Waals surface area contributed by atoms with E-state index in [1.54, 1.807) is 18.2 Å². The summed E-state index contributed by atoms with van der Waals surface area (Å²) in [6.07, 6.45) is 3.33. The first-order valence-electron chi connectivity index (χ1n) is 8.26. The van der Waals surface area contributed by atoms with Gasteiger partial charge in [0.2, 0.25) is 5.91 Å². The third kappa shape index (κ3) is 6.02. The molecule has 126 valence electrons. The molecule has 1 fully saturated rings. The first-order valence-corrected chi connectivity index (χ1v) is 8.26. The zero-order valence-corrected chi connectivity index (χ0v) is 14.0. The van der Waals surface area contributed by atoms with Crippen LogP contribution in [0.1, 0.15) is 43.0 Å². The Hall–Kier alpha value is -1.88. The van der Waals surface area contributed by atoms with Crippen molar-refractivity contribution in [1.82, 2.24) is 10.2 Å². The molecule has 2 rings (SSSR count). The van der Waals surface area contributed by atoms with Crippen LogP contribution in [0.25, 0.3) is 0 Å². The molecule has 1 saturated heterocycles. The minimum atomic E-state index is 0.0206. The van der Waals surface area contributed by atoms with E-state index in [0.29, 0.717) is 30.8 Å². The maximum Gasteiger partial charge on any atom is 0.220 e. The first-order chi connectivity index (χ1) is 11.0. The average molecular weight is 318 g/mol. The molecule has 1 heterocycles. The second-order valence-corrected chi connectivity index (χ2v) is 6.20. The van der Waals surface area contributed by atoms with Crippen LogP contribution in [0.3, 0.4) is 0 Å². The summed E-state index contributed by atoms with van der Waals surface area (Å²) in [4.78, 5) is 25.5. The predicted octanol–water partition coefficient (Wildman–Crippen LogP) is 2.26. The van der Waals surface area contributed by atoms with E-state index in [-0.39, 0.29) is 17.7 Å². The first kappa shape index (κ1) is 17.5. The zero-order valence-electron chi connectivity index (χ0n) is 14.0. The Bertz CT molecular complexity index is 545. The number of rotatable bonds is 7. The maximum atomic E-state index is 11.9. The second-order valence-electron chi connectivity index (χ2n) is 6.20. The summed E-state index contributed by atoms with van der Waals surface area (Å²) in [5, 5.41) is 3.09. The van der Waals surface area contributed by atoms with Crippen molar-refractivity contribution in [2.75, 3.05) is 26.7 Å². The van der Waals surface area contributed by atoms with Crippen molar-refractivity contribution >= 4 is 11.7 Å². The van der Waals surface area contributed by atoms with Crippen LogP contribution in [0.5, 0.6) is 5.75 Å². The van der Waals surface area contributed by atoms with E-state index in [1.165, 1.54) is 6.92 Å². The van der Waals surface area contributed by atoms with Crippen LogP contribution >= 0.6 is 0 Å². The second kappa shape index (κ2) is 8.67. The summed E-state index contributed by atoms with van der Waals surface area (Å²) >= 11 is 0. The summed E-state index contributed by atoms with van der Waals surface area (Å²) < 4.78 is 5.61. The predicted molar refractivity (Wildman–Crippen MR) is 89.8 cm³/mol. The van der Waals surface area contributed by atoms with Crippen molar-refractivity contribution in [1.29, 1.82) is 0 Å². The zero-order chi connectivity index (χ0) is 16.7. The minimum absolute atomic E-state index is 0.0206. The van der Waals surface area contributed by atoms with Gasteiger partial charge in [-0.05, 0) is 51.9 Å². The van der Waals surface area contributed by atoms with E-state index >= 15 is 0 Å². The molecule has 1 amide bonds. The molecule has 0 spiro atoms. The highest BCUT2D eigenvalue weighted by atomic mass is 16.5. The molecule has 1 atom stereocenters. The van der Waals surface area contributed by atoms with Crippen molar-refractivity contribution in [3.8, 4) is 5.75 Å². The number of carbonyl (C=O) groups is 2. The quantitative estimate of drug-likeness (QED) is 0.619. The largest absolute Gasteiger partial charge is 0.494 e. The number of ether oxygens (including phenoxy) is 1. The highest BCUT2D eigenvalue weighted by Gasteiger charge is 2.18. The summed E-state index contributed by atoms with van der Waals surface area (Å²) in [5.41, 5.74) is 0.640. The summed E-state index contributed by atoms with van der Waals surface area (Å²) in [6.45, 7) is 4.05. The fourth-order valence-corrected chi connectivity index (χ4v) is 2.81. The smallest absolute Gasteiger partial charge is 0.220 e. The molecular formula is C18H26N2O3. The van der Waals surface area contributed by atoms with Gasteiger partial charge in [-0.1, -0.05) is 12.1 Å². The molecule has 0 aliphatic carbocycles. The number of hydrogen-bond acceptors (Lipinski definition) is 4. The van der Waals surface area contributed by atoms with Gasteiger partial charge in [-0.25, -0.2) is 0 Å². The molecule has 0 bridgehead atoms. The van der Waals surface area contributed by atoms with Crippen LogP contribution in [0, 0.1) is 0 Å². The Morgan fingerprint density at radius 1 is 1.39 bits per heavy atom. The van der Waals surface area contributed by atoms with Crippen molar-refractivity contribution in [3.05, 3.63) is 29.8 Å². The lowest BCUT2D eigenvalue weighted by molar-refractivity contribution is -0.122. The van der Waals surface area contributed by atoms with Gasteiger partial charge >= 0.3 is 0 Å². The van der Waals surface area contributed by atoms with Crippen LogP contribution in [0.2, 0.25) is 0 Å². The Morgan fingerprint density at radius 3 is 2.96 bits per heavy atom. The molecule has 5 heteroatoms. The summed E-state index contributed by atoms with van der Waals surface area (Å²) in [6, 6.07) is 7.40. The number of likely N-dealkylation sites (N-methyl/N-ethyl adjacent to an activating group) is 1. The Balaban J connectivity index is 1.66. The van der Waals surface area contributed by atoms with Crippen LogP contribution < -0.4 is 10.1 Å². The van der Waals surface area contributed by atoms with Gasteiger partial charge in [-0.15, -0.1) is 0 Å². The van der Waals surface area contributed by atoms with Crippen LogP contribution in [-0.4, -0.2) is 49.4 Å². The van der Waals surface area contributed by atoms with Crippen LogP contribution in [0.15, 0.2) is 24.3 Å². The number of piperidine rings is 1. The molecule has 0 aromatic heterocycles. The standard InChI is InChI=1S/C18H26N2O3/c1-14(21)15-6-3-8-17(12-15)23-11-5-9-18(22)19-16-7-4-10-20(2)13-16/h3,6,8,12,16H,4-5,7,9-11,13H2,1-2H3,(H,19,22). The van der Waals surface area contributed by atoms with Gasteiger partial charge < -0.3 is 15.0 Å². The van der Waals surface area contributed by atoms with Crippen molar-refractivity contribution in [3.63, 3.8) is 0 Å². The summed E-state index contributed by atoms with van der Waals surface area (Å²) in [5.74, 6) is 0.783. The lowest BCUT2D eigenvalue weighted by atomic mass is 10.1. The number of carbonyl (C=O) groups excluding carboxylic acids is 2. The van der Waals surface area contributed by atoms with Crippen LogP contribution in [-0.2, 0) is 4.79 Å². The van der Waals surface area contributed by atoms with Crippen LogP contribution in [0.4, 0.5) is 0 Å². The normalized spacial score (nSPS) is 18.4. The number of nitrogens with one attached hydrogen (secondary N) is 1. The number of amides is 1. The SMILES string of the molecule is CC(=O)c1cccc(OCCCC(=O)NC2CCCN(C)C2)c1. The number of hydrogen-bond donors (Lipinski definition) is 1. The fourth-order valence-electron chi connectivity index (χ4n) is 2.81. The van der Waals surface area contributed by atoms with Crippen molar-refractivity contribution in [2.24, 2.45) is 0 Å². The average Bonchev–Trinajstić information content (AvgIpc) is 2.52. The van der Waals surface area contributed by atoms with Crippen molar-refractivity contribution in [2.45, 2.75) is 38.6 Å². The summed E-state index contributed by atoms with van der Waals surface area (Å²) in [7, 11) is 2.08. The molecule has 1 aromatic carbocycles. The molecular weight excluding hydrogens is 292 g/mol. The molecule has 1 N–H and O–H groups in total. The minimum Gasteiger partial charge on any atom is -0.494 e. The highest BCUT2D eigenvalue weighted by Crippen LogP contribution is 2.14. The molecule has 23 heavy (non-hydrogen) atoms. The van der Waals surface area contributed by atoms with Gasteiger partial charge in [-0.3, -0.25) is 9.59 Å². The topological polar surface area (TPSA) is 58.6 Å². The van der Waals surface area contributed by atoms with Gasteiger partial charge in [0.05, 0.1) is 6.61 Å². The van der Waals surface area contributed by atoms with Gasteiger partial charge in [0, 0.05) is 24.6 Å². The Kier molecular flexibility index (Phi) is 6.59. The Labute approximate surface area is 138 Å². The third-order valence-electron chi connectivity index (χ3n) is 4.05. The van der Waals surface area contributed by atoms with E-state index in [4.69, 9.17) is 4.74 Å². The monoisotopic (exact) mass is 318 g/mol. The number of Topliss-reactive ketones (excluding diaryl/α,β-unsaturated/α-hetero) is 1. The maximum absolute atomic E-state index is 11.9. The third-order valence-corrected chi connectivity index (χ3v) is 4.05. The number of ketones is 1. The Morgan fingerprint density at radius 2 is 2.22 bits per heavy atom.